The van der Waals surface area contributed by atoms with E-state index in [2.05, 4.69) is 28.8 Å². The van der Waals surface area contributed by atoms with Crippen LogP contribution in [0.25, 0.3) is 16.9 Å². The molecule has 0 unspecified atom stereocenters. The second kappa shape index (κ2) is 7.32. The summed E-state index contributed by atoms with van der Waals surface area (Å²) >= 11 is 12.8. The first-order chi connectivity index (χ1) is 12.7. The lowest BCUT2D eigenvalue weighted by Crippen LogP contribution is -2.24. The van der Waals surface area contributed by atoms with Gasteiger partial charge in [-0.05, 0) is 24.0 Å². The number of nitrogens with zero attached hydrogens (tertiary/aromatic N) is 5. The van der Waals surface area contributed by atoms with E-state index in [0.29, 0.717) is 39.8 Å². The van der Waals surface area contributed by atoms with Gasteiger partial charge in [0, 0.05) is 14.1 Å². The fourth-order valence-electron chi connectivity index (χ4n) is 2.96. The third-order valence-corrected chi connectivity index (χ3v) is 4.81. The Labute approximate surface area is 167 Å². The lowest BCUT2D eigenvalue weighted by molar-refractivity contribution is 0.0826. The van der Waals surface area contributed by atoms with Gasteiger partial charge in [0.15, 0.2) is 5.82 Å². The minimum Gasteiger partial charge on any atom is -0.382 e. The van der Waals surface area contributed by atoms with Crippen molar-refractivity contribution < 1.29 is 4.79 Å². The summed E-state index contributed by atoms with van der Waals surface area (Å²) in [5.74, 6) is 0.738. The van der Waals surface area contributed by atoms with Crippen LogP contribution in [-0.2, 0) is 6.42 Å². The molecule has 7 nitrogen and oxygen atoms in total. The number of hydrogen-bond acceptors (Lipinski definition) is 5. The van der Waals surface area contributed by atoms with Crippen LogP contribution in [0, 0.1) is 5.92 Å². The van der Waals surface area contributed by atoms with Gasteiger partial charge in [-0.1, -0.05) is 37.0 Å². The smallest absolute Gasteiger partial charge is 0.255 e. The summed E-state index contributed by atoms with van der Waals surface area (Å²) < 4.78 is 1.70. The molecule has 0 aliphatic rings. The molecule has 2 N–H and O–H groups in total. The number of halogens is 2. The van der Waals surface area contributed by atoms with Crippen LogP contribution < -0.4 is 5.73 Å². The summed E-state index contributed by atoms with van der Waals surface area (Å²) in [6.07, 6.45) is 3.59. The van der Waals surface area contributed by atoms with Crippen LogP contribution in [0.2, 0.25) is 10.0 Å². The molecule has 9 heteroatoms. The van der Waals surface area contributed by atoms with Gasteiger partial charge in [-0.25, -0.2) is 15.0 Å². The largest absolute Gasteiger partial charge is 0.382 e. The minimum atomic E-state index is -0.156. The molecule has 0 spiro atoms. The standard InChI is InChI=1S/C18H20Cl2N6O/c1-9(2)5-10-13(18(27)25(3)4)11(19)6-12-15(10)24-8-26(12)17-14(20)16(21)22-7-23-17/h6-9H,5H2,1-4H3,(H2,21,22,23). The van der Waals surface area contributed by atoms with Crippen molar-refractivity contribution in [3.63, 3.8) is 0 Å². The summed E-state index contributed by atoms with van der Waals surface area (Å²) in [7, 11) is 3.40. The Morgan fingerprint density at radius 2 is 1.96 bits per heavy atom. The summed E-state index contributed by atoms with van der Waals surface area (Å²) in [5.41, 5.74) is 8.47. The molecule has 0 saturated carbocycles. The van der Waals surface area contributed by atoms with E-state index in [9.17, 15) is 4.79 Å². The number of rotatable bonds is 4. The molecule has 3 rings (SSSR count). The van der Waals surface area contributed by atoms with Crippen molar-refractivity contribution in [3.8, 4) is 5.82 Å². The molecule has 3 aromatic rings. The van der Waals surface area contributed by atoms with E-state index in [0.717, 1.165) is 5.56 Å². The number of carbonyl (C=O) groups is 1. The number of nitrogens with two attached hydrogens (primary N) is 1. The Kier molecular flexibility index (Phi) is 5.26. The average Bonchev–Trinajstić information content (AvgIpc) is 3.00. The molecule has 2 aromatic heterocycles. The zero-order valence-electron chi connectivity index (χ0n) is 15.5. The normalized spacial score (nSPS) is 11.4. The summed E-state index contributed by atoms with van der Waals surface area (Å²) in [6.45, 7) is 4.16. The number of nitrogen functional groups attached to an aromatic ring is 1. The van der Waals surface area contributed by atoms with Gasteiger partial charge in [-0.3, -0.25) is 9.36 Å². The molecule has 2 heterocycles. The van der Waals surface area contributed by atoms with Crippen LogP contribution in [-0.4, -0.2) is 44.4 Å². The molecular weight excluding hydrogens is 387 g/mol. The Morgan fingerprint density at radius 1 is 1.26 bits per heavy atom. The Morgan fingerprint density at radius 3 is 2.59 bits per heavy atom. The maximum atomic E-state index is 12.7. The van der Waals surface area contributed by atoms with Crippen molar-refractivity contribution in [2.45, 2.75) is 20.3 Å². The van der Waals surface area contributed by atoms with Crippen LogP contribution in [0.5, 0.6) is 0 Å². The van der Waals surface area contributed by atoms with E-state index >= 15 is 0 Å². The SMILES string of the molecule is CC(C)Cc1c(C(=O)N(C)C)c(Cl)cc2c1ncn2-c1ncnc(N)c1Cl. The lowest BCUT2D eigenvalue weighted by atomic mass is 9.95. The van der Waals surface area contributed by atoms with Crippen molar-refractivity contribution in [2.24, 2.45) is 5.92 Å². The maximum absolute atomic E-state index is 12.7. The number of fused-ring (bicyclic) bond motifs is 1. The first kappa shape index (κ1) is 19.4. The predicted molar refractivity (Wildman–Crippen MR) is 108 cm³/mol. The quantitative estimate of drug-likeness (QED) is 0.714. The zero-order valence-corrected chi connectivity index (χ0v) is 17.0. The molecule has 0 bridgehead atoms. The van der Waals surface area contributed by atoms with Gasteiger partial charge in [-0.15, -0.1) is 0 Å². The molecule has 1 amide bonds. The van der Waals surface area contributed by atoms with Crippen molar-refractivity contribution in [3.05, 3.63) is 39.9 Å². The van der Waals surface area contributed by atoms with Crippen LogP contribution in [0.1, 0.15) is 29.8 Å². The zero-order chi connectivity index (χ0) is 19.9. The van der Waals surface area contributed by atoms with Crippen molar-refractivity contribution >= 4 is 46.0 Å². The van der Waals surface area contributed by atoms with Gasteiger partial charge in [-0.2, -0.15) is 0 Å². The van der Waals surface area contributed by atoms with Crippen LogP contribution in [0.15, 0.2) is 18.7 Å². The van der Waals surface area contributed by atoms with Gasteiger partial charge in [0.2, 0.25) is 0 Å². The van der Waals surface area contributed by atoms with E-state index < -0.39 is 0 Å². The van der Waals surface area contributed by atoms with E-state index in [1.54, 1.807) is 31.1 Å². The molecule has 27 heavy (non-hydrogen) atoms. The second-order valence-electron chi connectivity index (χ2n) is 6.89. The molecule has 0 saturated heterocycles. The van der Waals surface area contributed by atoms with Gasteiger partial charge in [0.25, 0.3) is 5.91 Å². The number of hydrogen-bond donors (Lipinski definition) is 1. The highest BCUT2D eigenvalue weighted by Crippen LogP contribution is 2.33. The molecule has 0 radical (unpaired) electrons. The summed E-state index contributed by atoms with van der Waals surface area (Å²) in [5, 5.41) is 0.587. The number of carbonyl (C=O) groups excluding carboxylic acids is 1. The molecule has 0 aliphatic carbocycles. The van der Waals surface area contributed by atoms with E-state index in [1.807, 2.05) is 0 Å². The third kappa shape index (κ3) is 3.44. The fraction of sp³-hybridized carbons (Fsp3) is 0.333. The third-order valence-electron chi connectivity index (χ3n) is 4.15. The van der Waals surface area contributed by atoms with Gasteiger partial charge < -0.3 is 10.6 Å². The lowest BCUT2D eigenvalue weighted by Gasteiger charge is -2.18. The van der Waals surface area contributed by atoms with E-state index in [4.69, 9.17) is 28.9 Å². The van der Waals surface area contributed by atoms with E-state index in [1.165, 1.54) is 11.2 Å². The highest BCUT2D eigenvalue weighted by molar-refractivity contribution is 6.35. The predicted octanol–water partition coefficient (Wildman–Crippen LogP) is 3.60. The number of anilines is 1. The van der Waals surface area contributed by atoms with Crippen LogP contribution in [0.4, 0.5) is 5.82 Å². The number of aromatic nitrogens is 4. The topological polar surface area (TPSA) is 89.9 Å². The first-order valence-corrected chi connectivity index (χ1v) is 9.14. The van der Waals surface area contributed by atoms with Crippen LogP contribution >= 0.6 is 23.2 Å². The minimum absolute atomic E-state index is 0.156. The van der Waals surface area contributed by atoms with Gasteiger partial charge >= 0.3 is 0 Å². The Hall–Kier alpha value is -2.38. The highest BCUT2D eigenvalue weighted by Gasteiger charge is 2.24. The average molecular weight is 407 g/mol. The number of imidazole rings is 1. The molecule has 0 aliphatic heterocycles. The van der Waals surface area contributed by atoms with E-state index in [-0.39, 0.29) is 16.7 Å². The monoisotopic (exact) mass is 406 g/mol. The Bertz CT molecular complexity index is 1030. The fourth-order valence-corrected chi connectivity index (χ4v) is 3.44. The van der Waals surface area contributed by atoms with Crippen molar-refractivity contribution in [1.29, 1.82) is 0 Å². The summed E-state index contributed by atoms with van der Waals surface area (Å²) in [6, 6.07) is 1.71. The first-order valence-electron chi connectivity index (χ1n) is 8.38. The molecule has 0 atom stereocenters. The molecule has 0 fully saturated rings. The molecule has 142 valence electrons. The van der Waals surface area contributed by atoms with Crippen LogP contribution in [0.3, 0.4) is 0 Å². The van der Waals surface area contributed by atoms with Crippen molar-refractivity contribution in [2.75, 3.05) is 19.8 Å². The van der Waals surface area contributed by atoms with Crippen molar-refractivity contribution in [1.82, 2.24) is 24.4 Å². The number of benzene rings is 1. The summed E-state index contributed by atoms with van der Waals surface area (Å²) in [4.78, 5) is 26.9. The molecular formula is C18H20Cl2N6O. The maximum Gasteiger partial charge on any atom is 0.255 e. The van der Waals surface area contributed by atoms with Gasteiger partial charge in [0.1, 0.15) is 23.5 Å². The number of amides is 1. The Balaban J connectivity index is 2.33. The molecule has 1 aromatic carbocycles. The second-order valence-corrected chi connectivity index (χ2v) is 7.67. The van der Waals surface area contributed by atoms with Gasteiger partial charge in [0.05, 0.1) is 21.6 Å². The highest BCUT2D eigenvalue weighted by atomic mass is 35.5.